The van der Waals surface area contributed by atoms with E-state index in [9.17, 15) is 0 Å². The summed E-state index contributed by atoms with van der Waals surface area (Å²) in [5.41, 5.74) is 2.85. The number of likely N-dealkylation sites (tertiary alicyclic amines) is 1. The van der Waals surface area contributed by atoms with Gasteiger partial charge in [-0.3, -0.25) is 0 Å². The van der Waals surface area contributed by atoms with Crippen molar-refractivity contribution in [3.63, 3.8) is 0 Å². The van der Waals surface area contributed by atoms with Crippen LogP contribution in [-0.2, 0) is 6.42 Å². The Labute approximate surface area is 99.5 Å². The molecular weight excluding hydrogens is 194 g/mol. The van der Waals surface area contributed by atoms with Crippen LogP contribution in [0.25, 0.3) is 0 Å². The van der Waals surface area contributed by atoms with Crippen molar-refractivity contribution in [1.29, 1.82) is 0 Å². The average Bonchev–Trinajstić information content (AvgIpc) is 2.33. The fraction of sp³-hybridized carbons (Fsp3) is 0.600. The lowest BCUT2D eigenvalue weighted by Crippen LogP contribution is -2.30. The van der Waals surface area contributed by atoms with E-state index in [1.165, 1.54) is 62.9 Å². The number of benzene rings is 1. The first-order valence-electron chi connectivity index (χ1n) is 6.62. The summed E-state index contributed by atoms with van der Waals surface area (Å²) < 4.78 is 0. The summed E-state index contributed by atoms with van der Waals surface area (Å²) in [6, 6.07) is 8.98. The topological polar surface area (TPSA) is 3.24 Å². The standard InChI is InChI=1S/C15H23N/c1-14-7-9-15(10-8-14)6-5-13-16-11-3-2-4-12-16/h7-10H,2-6,11-13H2,1H3. The van der Waals surface area contributed by atoms with Gasteiger partial charge in [0.2, 0.25) is 0 Å². The molecule has 0 radical (unpaired) electrons. The monoisotopic (exact) mass is 217 g/mol. The molecule has 1 aromatic rings. The zero-order chi connectivity index (χ0) is 11.2. The summed E-state index contributed by atoms with van der Waals surface area (Å²) in [4.78, 5) is 2.62. The molecule has 0 unspecified atom stereocenters. The highest BCUT2D eigenvalue weighted by molar-refractivity contribution is 5.21. The van der Waals surface area contributed by atoms with Crippen molar-refractivity contribution in [3.8, 4) is 0 Å². The Bertz CT molecular complexity index is 296. The Morgan fingerprint density at radius 3 is 2.38 bits per heavy atom. The van der Waals surface area contributed by atoms with E-state index in [-0.39, 0.29) is 0 Å². The Kier molecular flexibility index (Phi) is 4.41. The quantitative estimate of drug-likeness (QED) is 0.747. The summed E-state index contributed by atoms with van der Waals surface area (Å²) in [6.07, 6.45) is 6.80. The van der Waals surface area contributed by atoms with Crippen LogP contribution in [0.2, 0.25) is 0 Å². The van der Waals surface area contributed by atoms with Gasteiger partial charge in [0.1, 0.15) is 0 Å². The van der Waals surface area contributed by atoms with Crippen LogP contribution in [0.1, 0.15) is 36.8 Å². The molecule has 1 saturated heterocycles. The van der Waals surface area contributed by atoms with Gasteiger partial charge in [-0.05, 0) is 57.8 Å². The smallest absolute Gasteiger partial charge is 0.00156 e. The zero-order valence-corrected chi connectivity index (χ0v) is 10.4. The molecule has 0 saturated carbocycles. The summed E-state index contributed by atoms with van der Waals surface area (Å²) in [7, 11) is 0. The highest BCUT2D eigenvalue weighted by Gasteiger charge is 2.08. The van der Waals surface area contributed by atoms with Crippen LogP contribution in [0, 0.1) is 6.92 Å². The molecule has 0 bridgehead atoms. The van der Waals surface area contributed by atoms with E-state index in [0.29, 0.717) is 0 Å². The van der Waals surface area contributed by atoms with Gasteiger partial charge in [-0.1, -0.05) is 36.2 Å². The molecule has 0 amide bonds. The highest BCUT2D eigenvalue weighted by atomic mass is 15.1. The first-order valence-corrected chi connectivity index (χ1v) is 6.62. The zero-order valence-electron chi connectivity index (χ0n) is 10.4. The summed E-state index contributed by atoms with van der Waals surface area (Å²) in [5, 5.41) is 0. The first kappa shape index (κ1) is 11.7. The fourth-order valence-corrected chi connectivity index (χ4v) is 2.44. The predicted molar refractivity (Wildman–Crippen MR) is 69.8 cm³/mol. The number of hydrogen-bond acceptors (Lipinski definition) is 1. The van der Waals surface area contributed by atoms with Crippen molar-refractivity contribution in [1.82, 2.24) is 4.90 Å². The van der Waals surface area contributed by atoms with Crippen LogP contribution < -0.4 is 0 Å². The number of rotatable bonds is 4. The molecular formula is C15H23N. The second kappa shape index (κ2) is 6.05. The number of nitrogens with zero attached hydrogens (tertiary/aromatic N) is 1. The fourth-order valence-electron chi connectivity index (χ4n) is 2.44. The lowest BCUT2D eigenvalue weighted by atomic mass is 10.1. The van der Waals surface area contributed by atoms with Gasteiger partial charge >= 0.3 is 0 Å². The van der Waals surface area contributed by atoms with Crippen LogP contribution in [-0.4, -0.2) is 24.5 Å². The van der Waals surface area contributed by atoms with E-state index in [2.05, 4.69) is 36.1 Å². The summed E-state index contributed by atoms with van der Waals surface area (Å²) in [6.45, 7) is 6.09. The maximum Gasteiger partial charge on any atom is -0.00156 e. The van der Waals surface area contributed by atoms with Gasteiger partial charge in [-0.2, -0.15) is 0 Å². The lowest BCUT2D eigenvalue weighted by Gasteiger charge is -2.26. The van der Waals surface area contributed by atoms with E-state index in [1.54, 1.807) is 0 Å². The average molecular weight is 217 g/mol. The van der Waals surface area contributed by atoms with Gasteiger partial charge in [0.25, 0.3) is 0 Å². The molecule has 0 aliphatic carbocycles. The van der Waals surface area contributed by atoms with Gasteiger partial charge in [0, 0.05) is 0 Å². The molecule has 1 nitrogen and oxygen atoms in total. The number of hydrogen-bond donors (Lipinski definition) is 0. The van der Waals surface area contributed by atoms with E-state index in [1.807, 2.05) is 0 Å². The number of aryl methyl sites for hydroxylation is 2. The largest absolute Gasteiger partial charge is 0.303 e. The van der Waals surface area contributed by atoms with Crippen LogP contribution in [0.4, 0.5) is 0 Å². The minimum absolute atomic E-state index is 1.23. The third kappa shape index (κ3) is 3.64. The second-order valence-electron chi connectivity index (χ2n) is 4.99. The summed E-state index contributed by atoms with van der Waals surface area (Å²) in [5.74, 6) is 0. The van der Waals surface area contributed by atoms with Crippen molar-refractivity contribution >= 4 is 0 Å². The molecule has 1 fully saturated rings. The van der Waals surface area contributed by atoms with E-state index < -0.39 is 0 Å². The minimum atomic E-state index is 1.23. The Morgan fingerprint density at radius 1 is 1.00 bits per heavy atom. The number of piperidine rings is 1. The Hall–Kier alpha value is -0.820. The normalized spacial score (nSPS) is 17.6. The maximum atomic E-state index is 2.62. The van der Waals surface area contributed by atoms with Crippen LogP contribution >= 0.6 is 0 Å². The first-order chi connectivity index (χ1) is 7.84. The van der Waals surface area contributed by atoms with Gasteiger partial charge in [0.15, 0.2) is 0 Å². The van der Waals surface area contributed by atoms with Gasteiger partial charge in [-0.25, -0.2) is 0 Å². The molecule has 2 rings (SSSR count). The highest BCUT2D eigenvalue weighted by Crippen LogP contribution is 2.11. The molecule has 0 spiro atoms. The van der Waals surface area contributed by atoms with Crippen molar-refractivity contribution in [3.05, 3.63) is 35.4 Å². The van der Waals surface area contributed by atoms with E-state index >= 15 is 0 Å². The van der Waals surface area contributed by atoms with Crippen LogP contribution in [0.15, 0.2) is 24.3 Å². The molecule has 0 N–H and O–H groups in total. The third-order valence-corrected chi connectivity index (χ3v) is 3.51. The Morgan fingerprint density at radius 2 is 1.69 bits per heavy atom. The molecule has 1 heteroatoms. The molecule has 1 aromatic carbocycles. The van der Waals surface area contributed by atoms with Gasteiger partial charge in [0.05, 0.1) is 0 Å². The second-order valence-corrected chi connectivity index (χ2v) is 4.99. The predicted octanol–water partition coefficient (Wildman–Crippen LogP) is 3.41. The van der Waals surface area contributed by atoms with E-state index in [0.717, 1.165) is 0 Å². The molecule has 0 atom stereocenters. The molecule has 1 aliphatic rings. The van der Waals surface area contributed by atoms with Crippen molar-refractivity contribution < 1.29 is 0 Å². The van der Waals surface area contributed by atoms with Crippen molar-refractivity contribution in [2.24, 2.45) is 0 Å². The van der Waals surface area contributed by atoms with Crippen LogP contribution in [0.3, 0.4) is 0 Å². The molecule has 0 aromatic heterocycles. The molecule has 88 valence electrons. The molecule has 1 heterocycles. The maximum absolute atomic E-state index is 2.62. The minimum Gasteiger partial charge on any atom is -0.303 e. The van der Waals surface area contributed by atoms with E-state index in [4.69, 9.17) is 0 Å². The van der Waals surface area contributed by atoms with Gasteiger partial charge < -0.3 is 4.90 Å². The SMILES string of the molecule is Cc1ccc(CCCN2CCCCC2)cc1. The third-order valence-electron chi connectivity index (χ3n) is 3.51. The molecule has 1 aliphatic heterocycles. The molecule has 16 heavy (non-hydrogen) atoms. The Balaban J connectivity index is 1.69. The van der Waals surface area contributed by atoms with Gasteiger partial charge in [-0.15, -0.1) is 0 Å². The lowest BCUT2D eigenvalue weighted by molar-refractivity contribution is 0.226. The van der Waals surface area contributed by atoms with Crippen molar-refractivity contribution in [2.45, 2.75) is 39.0 Å². The summed E-state index contributed by atoms with van der Waals surface area (Å²) >= 11 is 0. The van der Waals surface area contributed by atoms with Crippen LogP contribution in [0.5, 0.6) is 0 Å². The van der Waals surface area contributed by atoms with Crippen molar-refractivity contribution in [2.75, 3.05) is 19.6 Å².